The Balaban J connectivity index is 1.60. The lowest BCUT2D eigenvalue weighted by Crippen LogP contribution is -2.39. The second kappa shape index (κ2) is 10.7. The zero-order chi connectivity index (χ0) is 23.1. The summed E-state index contributed by atoms with van der Waals surface area (Å²) in [7, 11) is 0. The Bertz CT molecular complexity index is 979. The van der Waals surface area contributed by atoms with E-state index in [0.717, 1.165) is 30.8 Å². The van der Waals surface area contributed by atoms with Crippen molar-refractivity contribution in [2.75, 3.05) is 18.0 Å². The summed E-state index contributed by atoms with van der Waals surface area (Å²) in [6.45, 7) is 1.56. The number of aliphatic carboxylic acids is 1. The van der Waals surface area contributed by atoms with Gasteiger partial charge in [0.05, 0.1) is 12.6 Å². The first kappa shape index (κ1) is 23.2. The van der Waals surface area contributed by atoms with Crippen LogP contribution in [0.4, 0.5) is 5.82 Å². The molecule has 0 saturated carbocycles. The van der Waals surface area contributed by atoms with Gasteiger partial charge in [0.15, 0.2) is 5.96 Å². The average molecular weight is 441 g/mol. The van der Waals surface area contributed by atoms with Crippen molar-refractivity contribution >= 4 is 23.7 Å². The smallest absolute Gasteiger partial charge is 0.320 e. The number of nitrogens with zero attached hydrogens (tertiary/aromatic N) is 3. The number of anilines is 1. The highest BCUT2D eigenvalue weighted by atomic mass is 16.4. The zero-order valence-corrected chi connectivity index (χ0v) is 17.6. The van der Waals surface area contributed by atoms with Crippen molar-refractivity contribution in [3.8, 4) is 0 Å². The third kappa shape index (κ3) is 6.25. The molecule has 7 N–H and O–H groups in total. The molecule has 2 atom stereocenters. The molecule has 0 bridgehead atoms. The highest BCUT2D eigenvalue weighted by Crippen LogP contribution is 2.22. The third-order valence-electron chi connectivity index (χ3n) is 5.21. The van der Waals surface area contributed by atoms with Crippen LogP contribution in [0.25, 0.3) is 0 Å². The number of carbonyl (C=O) groups excluding carboxylic acids is 1. The number of hydrogen-bond acceptors (Lipinski definition) is 7. The number of pyridine rings is 1. The molecule has 1 amide bonds. The van der Waals surface area contributed by atoms with Crippen LogP contribution in [0, 0.1) is 0 Å². The Labute approximate surface area is 186 Å². The second-order valence-corrected chi connectivity index (χ2v) is 7.73. The first-order chi connectivity index (χ1) is 15.3. The Kier molecular flexibility index (Phi) is 7.74. The molecule has 1 aliphatic heterocycles. The topological polar surface area (TPSA) is 167 Å². The van der Waals surface area contributed by atoms with Crippen molar-refractivity contribution in [1.82, 2.24) is 10.3 Å². The number of piperidine rings is 1. The van der Waals surface area contributed by atoms with E-state index in [2.05, 4.69) is 15.3 Å². The summed E-state index contributed by atoms with van der Waals surface area (Å²) >= 11 is 0. The predicted molar refractivity (Wildman–Crippen MR) is 120 cm³/mol. The molecule has 3 rings (SSSR count). The van der Waals surface area contributed by atoms with E-state index < -0.39 is 17.9 Å². The van der Waals surface area contributed by atoms with Crippen LogP contribution >= 0.6 is 0 Å². The second-order valence-electron chi connectivity index (χ2n) is 7.73. The molecule has 170 valence electrons. The third-order valence-corrected chi connectivity index (χ3v) is 5.21. The quantitative estimate of drug-likeness (QED) is 0.301. The molecule has 1 aliphatic rings. The van der Waals surface area contributed by atoms with Crippen molar-refractivity contribution in [1.29, 1.82) is 0 Å². The van der Waals surface area contributed by atoms with Gasteiger partial charge in [-0.05, 0) is 43.0 Å². The average Bonchev–Trinajstić information content (AvgIpc) is 2.78. The van der Waals surface area contributed by atoms with Crippen LogP contribution < -0.4 is 21.7 Å². The molecule has 10 nitrogen and oxygen atoms in total. The lowest BCUT2D eigenvalue weighted by Gasteiger charge is -2.32. The fourth-order valence-electron chi connectivity index (χ4n) is 3.52. The van der Waals surface area contributed by atoms with Gasteiger partial charge in [-0.15, -0.1) is 0 Å². The minimum atomic E-state index is -1.08. The van der Waals surface area contributed by atoms with Gasteiger partial charge in [0, 0.05) is 30.4 Å². The lowest BCUT2D eigenvalue weighted by molar-refractivity contribution is -0.138. The number of carbonyl (C=O) groups is 2. The number of benzene rings is 1. The summed E-state index contributed by atoms with van der Waals surface area (Å²) in [6.07, 6.45) is 3.16. The van der Waals surface area contributed by atoms with Crippen LogP contribution in [0.2, 0.25) is 0 Å². The standard InChI is InChI=1S/C22H28N6O4/c23-18(21(31)32)11-14-5-7-15(8-6-14)20(30)27-22(24)26-12-16-3-1-9-25-19(16)28-10-2-4-17(29)13-28/h1,3,5-9,17-18,29H,2,4,10-13,23H2,(H,31,32)(H3,24,26,27,30)/t17?,18-/m0/s1. The van der Waals surface area contributed by atoms with E-state index in [0.29, 0.717) is 17.7 Å². The fourth-order valence-corrected chi connectivity index (χ4v) is 3.52. The van der Waals surface area contributed by atoms with Crippen LogP contribution in [0.15, 0.2) is 47.6 Å². The number of aliphatic hydroxyl groups is 1. The molecular weight excluding hydrogens is 412 g/mol. The summed E-state index contributed by atoms with van der Waals surface area (Å²) in [4.78, 5) is 34.0. The maximum Gasteiger partial charge on any atom is 0.320 e. The van der Waals surface area contributed by atoms with Crippen molar-refractivity contribution < 1.29 is 19.8 Å². The van der Waals surface area contributed by atoms with Crippen molar-refractivity contribution in [2.45, 2.75) is 38.0 Å². The number of nitrogens with two attached hydrogens (primary N) is 2. The number of aliphatic hydroxyl groups excluding tert-OH is 1. The van der Waals surface area contributed by atoms with Gasteiger partial charge < -0.3 is 26.6 Å². The molecule has 2 heterocycles. The number of carboxylic acid groups (broad SMARTS) is 1. The van der Waals surface area contributed by atoms with Gasteiger partial charge in [-0.3, -0.25) is 14.9 Å². The summed E-state index contributed by atoms with van der Waals surface area (Å²) in [5.74, 6) is -0.778. The number of nitrogens with one attached hydrogen (secondary N) is 1. The molecule has 1 unspecified atom stereocenters. The van der Waals surface area contributed by atoms with Gasteiger partial charge in [-0.25, -0.2) is 9.98 Å². The molecule has 2 aromatic rings. The van der Waals surface area contributed by atoms with Gasteiger partial charge in [-0.1, -0.05) is 18.2 Å². The summed E-state index contributed by atoms with van der Waals surface area (Å²) in [6, 6.07) is 9.16. The SMILES string of the molecule is NC(=NCc1cccnc1N1CCCC(O)C1)NC(=O)c1ccc(C[C@H](N)C(=O)O)cc1. The number of amides is 1. The van der Waals surface area contributed by atoms with Crippen LogP contribution in [-0.2, 0) is 17.8 Å². The number of rotatable bonds is 7. The number of guanidine groups is 1. The fraction of sp³-hybridized carbons (Fsp3) is 0.364. The van der Waals surface area contributed by atoms with Gasteiger partial charge in [-0.2, -0.15) is 0 Å². The first-order valence-corrected chi connectivity index (χ1v) is 10.4. The minimum Gasteiger partial charge on any atom is -0.480 e. The van der Waals surface area contributed by atoms with E-state index in [4.69, 9.17) is 16.6 Å². The predicted octanol–water partition coefficient (Wildman–Crippen LogP) is 0.242. The van der Waals surface area contributed by atoms with E-state index in [9.17, 15) is 14.7 Å². The first-order valence-electron chi connectivity index (χ1n) is 10.4. The Hall–Kier alpha value is -3.50. The van der Waals surface area contributed by atoms with Crippen LogP contribution in [-0.4, -0.2) is 58.3 Å². The molecule has 10 heteroatoms. The van der Waals surface area contributed by atoms with Crippen molar-refractivity contribution in [2.24, 2.45) is 16.5 Å². The monoisotopic (exact) mass is 440 g/mol. The van der Waals surface area contributed by atoms with E-state index in [1.54, 1.807) is 36.5 Å². The van der Waals surface area contributed by atoms with Gasteiger partial charge in [0.1, 0.15) is 11.9 Å². The normalized spacial score (nSPS) is 17.6. The maximum atomic E-state index is 12.4. The van der Waals surface area contributed by atoms with E-state index >= 15 is 0 Å². The van der Waals surface area contributed by atoms with Crippen LogP contribution in [0.3, 0.4) is 0 Å². The van der Waals surface area contributed by atoms with Gasteiger partial charge in [0.25, 0.3) is 5.91 Å². The number of carboxylic acids is 1. The van der Waals surface area contributed by atoms with E-state index in [1.807, 2.05) is 11.0 Å². The molecule has 1 fully saturated rings. The van der Waals surface area contributed by atoms with Crippen LogP contribution in [0.5, 0.6) is 0 Å². The molecule has 0 aliphatic carbocycles. The molecule has 1 aromatic heterocycles. The Morgan fingerprint density at radius 2 is 2.03 bits per heavy atom. The molecule has 1 aromatic carbocycles. The summed E-state index contributed by atoms with van der Waals surface area (Å²) in [5, 5.41) is 21.4. The van der Waals surface area contributed by atoms with Gasteiger partial charge >= 0.3 is 5.97 Å². The Morgan fingerprint density at radius 3 is 2.72 bits per heavy atom. The number of β-amino-alcohol motifs (C(OH)–C–C–N with tert-alkyl or cyclic N) is 1. The molecule has 32 heavy (non-hydrogen) atoms. The van der Waals surface area contributed by atoms with E-state index in [-0.39, 0.29) is 25.0 Å². The molecular formula is C22H28N6O4. The molecule has 0 spiro atoms. The number of aliphatic imine (C=N–C) groups is 1. The lowest BCUT2D eigenvalue weighted by atomic mass is 10.0. The van der Waals surface area contributed by atoms with Crippen molar-refractivity contribution in [3.05, 3.63) is 59.3 Å². The van der Waals surface area contributed by atoms with E-state index in [1.165, 1.54) is 0 Å². The highest BCUT2D eigenvalue weighted by Gasteiger charge is 2.21. The number of hydrogen-bond donors (Lipinski definition) is 5. The number of aromatic nitrogens is 1. The maximum absolute atomic E-state index is 12.4. The Morgan fingerprint density at radius 1 is 1.28 bits per heavy atom. The van der Waals surface area contributed by atoms with Gasteiger partial charge in [0.2, 0.25) is 0 Å². The molecule has 1 saturated heterocycles. The summed E-state index contributed by atoms with van der Waals surface area (Å²) in [5.41, 5.74) is 13.3. The van der Waals surface area contributed by atoms with Crippen LogP contribution in [0.1, 0.15) is 34.3 Å². The highest BCUT2D eigenvalue weighted by molar-refractivity contribution is 6.05. The van der Waals surface area contributed by atoms with Crippen molar-refractivity contribution in [3.63, 3.8) is 0 Å². The minimum absolute atomic E-state index is 0.0274. The molecule has 0 radical (unpaired) electrons. The summed E-state index contributed by atoms with van der Waals surface area (Å²) < 4.78 is 0. The largest absolute Gasteiger partial charge is 0.480 e. The zero-order valence-electron chi connectivity index (χ0n) is 17.6.